The van der Waals surface area contributed by atoms with Crippen molar-refractivity contribution in [3.8, 4) is 0 Å². The SMILES string of the molecule is O=C(O)Cc1nc(CBr)c(C(F)F)cc1F. The second-order valence-corrected chi connectivity index (χ2v) is 3.52. The molecule has 0 amide bonds. The highest BCUT2D eigenvalue weighted by Crippen LogP contribution is 2.25. The number of aromatic nitrogens is 1. The largest absolute Gasteiger partial charge is 0.481 e. The van der Waals surface area contributed by atoms with Gasteiger partial charge in [-0.3, -0.25) is 9.78 Å². The molecule has 7 heteroatoms. The highest BCUT2D eigenvalue weighted by molar-refractivity contribution is 9.08. The van der Waals surface area contributed by atoms with Crippen LogP contribution in [-0.2, 0) is 16.5 Å². The third-order valence-corrected chi connectivity index (χ3v) is 2.37. The Balaban J connectivity index is 3.20. The Morgan fingerprint density at radius 3 is 2.56 bits per heavy atom. The fourth-order valence-electron chi connectivity index (χ4n) is 1.15. The van der Waals surface area contributed by atoms with Crippen LogP contribution in [0.15, 0.2) is 6.07 Å². The number of halogens is 4. The molecule has 88 valence electrons. The maximum absolute atomic E-state index is 13.2. The summed E-state index contributed by atoms with van der Waals surface area (Å²) in [4.78, 5) is 13.9. The fourth-order valence-corrected chi connectivity index (χ4v) is 1.60. The van der Waals surface area contributed by atoms with Crippen molar-refractivity contribution < 1.29 is 23.1 Å². The smallest absolute Gasteiger partial charge is 0.309 e. The van der Waals surface area contributed by atoms with E-state index in [1.807, 2.05) is 0 Å². The van der Waals surface area contributed by atoms with Crippen molar-refractivity contribution in [2.75, 3.05) is 0 Å². The van der Waals surface area contributed by atoms with Gasteiger partial charge in [-0.05, 0) is 6.07 Å². The predicted octanol–water partition coefficient (Wildman–Crippen LogP) is 2.68. The Bertz CT molecular complexity index is 412. The van der Waals surface area contributed by atoms with E-state index < -0.39 is 30.2 Å². The normalized spacial score (nSPS) is 10.8. The molecule has 16 heavy (non-hydrogen) atoms. The van der Waals surface area contributed by atoms with Crippen molar-refractivity contribution in [3.05, 3.63) is 28.8 Å². The summed E-state index contributed by atoms with van der Waals surface area (Å²) in [6.45, 7) is 0. The van der Waals surface area contributed by atoms with Crippen molar-refractivity contribution in [2.24, 2.45) is 0 Å². The van der Waals surface area contributed by atoms with Gasteiger partial charge in [-0.15, -0.1) is 0 Å². The van der Waals surface area contributed by atoms with Crippen molar-refractivity contribution in [1.29, 1.82) is 0 Å². The average molecular weight is 298 g/mol. The summed E-state index contributed by atoms with van der Waals surface area (Å²) >= 11 is 2.94. The Kier molecular flexibility index (Phi) is 4.28. The molecule has 0 saturated heterocycles. The van der Waals surface area contributed by atoms with Crippen molar-refractivity contribution in [3.63, 3.8) is 0 Å². The lowest BCUT2D eigenvalue weighted by Crippen LogP contribution is -2.09. The molecule has 1 aromatic rings. The van der Waals surface area contributed by atoms with Gasteiger partial charge in [0.1, 0.15) is 5.82 Å². The molecule has 0 aliphatic carbocycles. The van der Waals surface area contributed by atoms with Crippen LogP contribution < -0.4 is 0 Å². The van der Waals surface area contributed by atoms with Gasteiger partial charge in [-0.1, -0.05) is 15.9 Å². The first-order valence-corrected chi connectivity index (χ1v) is 5.32. The Hall–Kier alpha value is -1.11. The summed E-state index contributed by atoms with van der Waals surface area (Å²) in [6, 6.07) is 0.631. The van der Waals surface area contributed by atoms with Gasteiger partial charge in [0, 0.05) is 10.9 Å². The Morgan fingerprint density at radius 1 is 1.50 bits per heavy atom. The van der Waals surface area contributed by atoms with Gasteiger partial charge < -0.3 is 5.11 Å². The predicted molar refractivity (Wildman–Crippen MR) is 53.1 cm³/mol. The average Bonchev–Trinajstić information content (AvgIpc) is 2.19. The highest BCUT2D eigenvalue weighted by Gasteiger charge is 2.19. The minimum atomic E-state index is -2.84. The summed E-state index contributed by atoms with van der Waals surface area (Å²) in [5.41, 5.74) is -0.914. The number of carboxylic acid groups (broad SMARTS) is 1. The zero-order chi connectivity index (χ0) is 12.3. The van der Waals surface area contributed by atoms with Crippen molar-refractivity contribution in [1.82, 2.24) is 4.98 Å². The van der Waals surface area contributed by atoms with Crippen LogP contribution in [0.5, 0.6) is 0 Å². The lowest BCUT2D eigenvalue weighted by atomic mass is 10.1. The number of hydrogen-bond acceptors (Lipinski definition) is 2. The third-order valence-electron chi connectivity index (χ3n) is 1.84. The minimum absolute atomic E-state index is 0.0135. The topological polar surface area (TPSA) is 50.2 Å². The van der Waals surface area contributed by atoms with Crippen LogP contribution in [0.2, 0.25) is 0 Å². The monoisotopic (exact) mass is 297 g/mol. The summed E-state index contributed by atoms with van der Waals surface area (Å²) in [7, 11) is 0. The number of hydrogen-bond donors (Lipinski definition) is 1. The molecule has 0 atom stereocenters. The molecule has 3 nitrogen and oxygen atoms in total. The molecular weight excluding hydrogens is 291 g/mol. The maximum atomic E-state index is 13.2. The molecule has 0 unspecified atom stereocenters. The lowest BCUT2D eigenvalue weighted by Gasteiger charge is -2.08. The molecule has 1 N–H and O–H groups in total. The standard InChI is InChI=1S/C9H7BrF3NO2/c10-3-7-4(9(12)13)1-5(11)6(14-7)2-8(15)16/h1,9H,2-3H2,(H,15,16). The minimum Gasteiger partial charge on any atom is -0.481 e. The van der Waals surface area contributed by atoms with Crippen LogP contribution in [0.25, 0.3) is 0 Å². The second-order valence-electron chi connectivity index (χ2n) is 2.96. The highest BCUT2D eigenvalue weighted by atomic mass is 79.9. The van der Waals surface area contributed by atoms with E-state index in [1.165, 1.54) is 0 Å². The molecule has 0 saturated carbocycles. The van der Waals surface area contributed by atoms with E-state index in [-0.39, 0.29) is 16.7 Å². The first-order valence-electron chi connectivity index (χ1n) is 4.19. The Labute approximate surface area is 97.4 Å². The van der Waals surface area contributed by atoms with E-state index in [0.29, 0.717) is 6.07 Å². The van der Waals surface area contributed by atoms with Gasteiger partial charge in [0.25, 0.3) is 6.43 Å². The van der Waals surface area contributed by atoms with Crippen molar-refractivity contribution in [2.45, 2.75) is 18.2 Å². The number of alkyl halides is 3. The maximum Gasteiger partial charge on any atom is 0.309 e. The number of pyridine rings is 1. The van der Waals surface area contributed by atoms with Gasteiger partial charge in [0.15, 0.2) is 0 Å². The number of carbonyl (C=O) groups is 1. The number of rotatable bonds is 4. The van der Waals surface area contributed by atoms with Gasteiger partial charge in [0.2, 0.25) is 0 Å². The molecular formula is C9H7BrF3NO2. The summed E-state index contributed by atoms with van der Waals surface area (Å²) in [5.74, 6) is -2.29. The van der Waals surface area contributed by atoms with Crippen LogP contribution in [0.4, 0.5) is 13.2 Å². The lowest BCUT2D eigenvalue weighted by molar-refractivity contribution is -0.136. The molecule has 0 aromatic carbocycles. The van der Waals surface area contributed by atoms with Gasteiger partial charge in [0.05, 0.1) is 17.8 Å². The second kappa shape index (κ2) is 5.29. The fraction of sp³-hybridized carbons (Fsp3) is 0.333. The van der Waals surface area contributed by atoms with Gasteiger partial charge >= 0.3 is 5.97 Å². The van der Waals surface area contributed by atoms with Crippen LogP contribution >= 0.6 is 15.9 Å². The van der Waals surface area contributed by atoms with E-state index in [2.05, 4.69) is 20.9 Å². The molecule has 0 aliphatic rings. The molecule has 0 bridgehead atoms. The van der Waals surface area contributed by atoms with E-state index in [9.17, 15) is 18.0 Å². The molecule has 0 spiro atoms. The first-order chi connectivity index (χ1) is 7.45. The van der Waals surface area contributed by atoms with E-state index in [1.54, 1.807) is 0 Å². The van der Waals surface area contributed by atoms with Crippen LogP contribution in [0.1, 0.15) is 23.4 Å². The molecule has 0 radical (unpaired) electrons. The number of nitrogens with zero attached hydrogens (tertiary/aromatic N) is 1. The van der Waals surface area contributed by atoms with E-state index in [0.717, 1.165) is 0 Å². The molecule has 0 fully saturated rings. The third kappa shape index (κ3) is 2.94. The van der Waals surface area contributed by atoms with Crippen LogP contribution in [0.3, 0.4) is 0 Å². The number of carboxylic acids is 1. The molecule has 0 aliphatic heterocycles. The number of aliphatic carboxylic acids is 1. The summed E-state index contributed by atoms with van der Waals surface area (Å²) < 4.78 is 38.1. The summed E-state index contributed by atoms with van der Waals surface area (Å²) in [5, 5.41) is 8.48. The zero-order valence-electron chi connectivity index (χ0n) is 7.88. The van der Waals surface area contributed by atoms with Crippen LogP contribution in [-0.4, -0.2) is 16.1 Å². The van der Waals surface area contributed by atoms with Gasteiger partial charge in [-0.2, -0.15) is 0 Å². The van der Waals surface area contributed by atoms with Gasteiger partial charge in [-0.25, -0.2) is 13.2 Å². The first kappa shape index (κ1) is 13.0. The quantitative estimate of drug-likeness (QED) is 0.869. The summed E-state index contributed by atoms with van der Waals surface area (Å²) in [6.07, 6.45) is -3.47. The Morgan fingerprint density at radius 2 is 2.12 bits per heavy atom. The molecule has 1 aromatic heterocycles. The zero-order valence-corrected chi connectivity index (χ0v) is 9.47. The van der Waals surface area contributed by atoms with E-state index in [4.69, 9.17) is 5.11 Å². The van der Waals surface area contributed by atoms with E-state index >= 15 is 0 Å². The molecule has 1 rings (SSSR count). The molecule has 1 heterocycles. The van der Waals surface area contributed by atoms with Crippen molar-refractivity contribution >= 4 is 21.9 Å². The van der Waals surface area contributed by atoms with Crippen LogP contribution in [0, 0.1) is 5.82 Å².